The van der Waals surface area contributed by atoms with Crippen LogP contribution in [0.1, 0.15) is 32.8 Å². The van der Waals surface area contributed by atoms with Gasteiger partial charge < -0.3 is 4.74 Å². The molecule has 0 aliphatic carbocycles. The average molecular weight is 278 g/mol. The van der Waals surface area contributed by atoms with Crippen molar-refractivity contribution >= 4 is 21.5 Å². The number of hydrogen-bond acceptors (Lipinski definition) is 1. The van der Waals surface area contributed by atoms with Gasteiger partial charge in [0, 0.05) is 0 Å². The molecule has 0 bridgehead atoms. The molecule has 21 heavy (non-hydrogen) atoms. The zero-order valence-corrected chi connectivity index (χ0v) is 13.2. The molecule has 1 nitrogen and oxygen atoms in total. The highest BCUT2D eigenvalue weighted by Crippen LogP contribution is 2.32. The predicted molar refractivity (Wildman–Crippen MR) is 91.3 cm³/mol. The Hall–Kier alpha value is -2.02. The summed E-state index contributed by atoms with van der Waals surface area (Å²) in [5, 5.41) is 5.08. The molecule has 3 aromatic carbocycles. The van der Waals surface area contributed by atoms with E-state index in [0.29, 0.717) is 0 Å². The van der Waals surface area contributed by atoms with Crippen LogP contribution in [0.5, 0.6) is 5.75 Å². The van der Waals surface area contributed by atoms with Crippen LogP contribution in [0.15, 0.2) is 48.5 Å². The Morgan fingerprint density at radius 1 is 0.810 bits per heavy atom. The van der Waals surface area contributed by atoms with E-state index in [1.807, 2.05) is 6.07 Å². The Balaban J connectivity index is 2.20. The van der Waals surface area contributed by atoms with Crippen LogP contribution in [0.3, 0.4) is 0 Å². The van der Waals surface area contributed by atoms with Gasteiger partial charge in [-0.15, -0.1) is 0 Å². The van der Waals surface area contributed by atoms with Crippen LogP contribution in [-0.4, -0.2) is 7.11 Å². The molecule has 0 aliphatic heterocycles. The zero-order valence-electron chi connectivity index (χ0n) is 13.2. The van der Waals surface area contributed by atoms with Gasteiger partial charge in [0.1, 0.15) is 5.75 Å². The van der Waals surface area contributed by atoms with Crippen LogP contribution in [0.25, 0.3) is 21.5 Å². The maximum atomic E-state index is 5.31. The molecule has 0 aromatic heterocycles. The van der Waals surface area contributed by atoms with Gasteiger partial charge in [0.25, 0.3) is 0 Å². The van der Waals surface area contributed by atoms with E-state index in [1.54, 1.807) is 7.11 Å². The summed E-state index contributed by atoms with van der Waals surface area (Å²) in [5.41, 5.74) is 1.63. The molecular formula is C20H22O. The van der Waals surface area contributed by atoms with Gasteiger partial charge in [-0.2, -0.15) is 0 Å². The Labute approximate surface area is 126 Å². The van der Waals surface area contributed by atoms with E-state index >= 15 is 0 Å². The lowest BCUT2D eigenvalue weighted by Gasteiger charge is -2.23. The first kappa shape index (κ1) is 13.9. The van der Waals surface area contributed by atoms with Gasteiger partial charge in [-0.25, -0.2) is 0 Å². The Morgan fingerprint density at radius 3 is 2.05 bits per heavy atom. The van der Waals surface area contributed by atoms with Crippen molar-refractivity contribution in [3.63, 3.8) is 0 Å². The molecule has 0 N–H and O–H groups in total. The first-order valence-electron chi connectivity index (χ1n) is 7.55. The van der Waals surface area contributed by atoms with Crippen LogP contribution < -0.4 is 4.74 Å². The van der Waals surface area contributed by atoms with Gasteiger partial charge in [-0.1, -0.05) is 45.0 Å². The van der Waals surface area contributed by atoms with Crippen LogP contribution >= 0.6 is 0 Å². The molecule has 0 saturated heterocycles. The molecule has 0 aliphatic rings. The largest absolute Gasteiger partial charge is 0.497 e. The molecule has 108 valence electrons. The third-order valence-corrected chi connectivity index (χ3v) is 4.67. The molecule has 3 rings (SSSR count). The van der Waals surface area contributed by atoms with E-state index in [-0.39, 0.29) is 5.41 Å². The SMILES string of the molecule is CCC(C)(C)c1ccc2cc3cc(OC)ccc3cc2c1. The molecule has 0 saturated carbocycles. The molecule has 0 atom stereocenters. The number of rotatable bonds is 3. The number of fused-ring (bicyclic) bond motifs is 2. The second-order valence-electron chi connectivity index (χ2n) is 6.36. The monoisotopic (exact) mass is 278 g/mol. The van der Waals surface area contributed by atoms with Crippen molar-refractivity contribution in [1.29, 1.82) is 0 Å². The maximum absolute atomic E-state index is 5.31. The van der Waals surface area contributed by atoms with E-state index in [1.165, 1.54) is 27.1 Å². The highest BCUT2D eigenvalue weighted by atomic mass is 16.5. The smallest absolute Gasteiger partial charge is 0.119 e. The summed E-state index contributed by atoms with van der Waals surface area (Å²) in [7, 11) is 1.71. The van der Waals surface area contributed by atoms with Crippen LogP contribution in [0, 0.1) is 0 Å². The highest BCUT2D eigenvalue weighted by Gasteiger charge is 2.18. The van der Waals surface area contributed by atoms with Crippen molar-refractivity contribution < 1.29 is 4.74 Å². The summed E-state index contributed by atoms with van der Waals surface area (Å²) in [5.74, 6) is 0.908. The Kier molecular flexibility index (Phi) is 3.36. The zero-order chi connectivity index (χ0) is 15.0. The predicted octanol–water partition coefficient (Wildman–Crippen LogP) is 5.69. The van der Waals surface area contributed by atoms with E-state index in [0.717, 1.165) is 12.2 Å². The van der Waals surface area contributed by atoms with E-state index in [4.69, 9.17) is 4.74 Å². The van der Waals surface area contributed by atoms with Crippen molar-refractivity contribution in [3.05, 3.63) is 54.1 Å². The molecule has 0 unspecified atom stereocenters. The average Bonchev–Trinajstić information content (AvgIpc) is 2.51. The molecule has 3 aromatic rings. The standard InChI is InChI=1S/C20H22O/c1-5-20(2,3)18-8-6-14-11-17-13-19(21-4)9-7-15(17)10-16(14)12-18/h6-13H,5H2,1-4H3. The van der Waals surface area contributed by atoms with Gasteiger partial charge in [-0.05, 0) is 63.2 Å². The van der Waals surface area contributed by atoms with Crippen molar-refractivity contribution in [2.75, 3.05) is 7.11 Å². The Morgan fingerprint density at radius 2 is 1.43 bits per heavy atom. The van der Waals surface area contributed by atoms with Crippen molar-refractivity contribution in [3.8, 4) is 5.75 Å². The number of ether oxygens (including phenoxy) is 1. The van der Waals surface area contributed by atoms with Crippen LogP contribution in [0.4, 0.5) is 0 Å². The van der Waals surface area contributed by atoms with Gasteiger partial charge >= 0.3 is 0 Å². The minimum Gasteiger partial charge on any atom is -0.497 e. The van der Waals surface area contributed by atoms with Crippen molar-refractivity contribution in [2.45, 2.75) is 32.6 Å². The number of benzene rings is 3. The lowest BCUT2D eigenvalue weighted by molar-refractivity contribution is 0.415. The molecule has 0 spiro atoms. The summed E-state index contributed by atoms with van der Waals surface area (Å²) < 4.78 is 5.31. The molecule has 0 amide bonds. The summed E-state index contributed by atoms with van der Waals surface area (Å²) in [6.07, 6.45) is 1.14. The maximum Gasteiger partial charge on any atom is 0.119 e. The lowest BCUT2D eigenvalue weighted by atomic mass is 9.81. The third-order valence-electron chi connectivity index (χ3n) is 4.67. The summed E-state index contributed by atoms with van der Waals surface area (Å²) in [4.78, 5) is 0. The quantitative estimate of drug-likeness (QED) is 0.559. The van der Waals surface area contributed by atoms with Gasteiger partial charge in [0.2, 0.25) is 0 Å². The van der Waals surface area contributed by atoms with Gasteiger partial charge in [0.05, 0.1) is 7.11 Å². The van der Waals surface area contributed by atoms with Gasteiger partial charge in [-0.3, -0.25) is 0 Å². The first-order valence-corrected chi connectivity index (χ1v) is 7.55. The normalized spacial score (nSPS) is 12.0. The van der Waals surface area contributed by atoms with Crippen LogP contribution in [-0.2, 0) is 5.41 Å². The molecule has 0 heterocycles. The lowest BCUT2D eigenvalue weighted by Crippen LogP contribution is -2.15. The fourth-order valence-electron chi connectivity index (χ4n) is 2.73. The second-order valence-corrected chi connectivity index (χ2v) is 6.36. The number of methoxy groups -OCH3 is 1. The van der Waals surface area contributed by atoms with Crippen LogP contribution in [0.2, 0.25) is 0 Å². The molecule has 0 radical (unpaired) electrons. The van der Waals surface area contributed by atoms with Gasteiger partial charge in [0.15, 0.2) is 0 Å². The first-order chi connectivity index (χ1) is 10.0. The third kappa shape index (κ3) is 2.49. The number of hydrogen-bond donors (Lipinski definition) is 0. The van der Waals surface area contributed by atoms with E-state index in [9.17, 15) is 0 Å². The molecule has 1 heteroatoms. The highest BCUT2D eigenvalue weighted by molar-refractivity contribution is 5.99. The Bertz CT molecular complexity index is 799. The van der Waals surface area contributed by atoms with Crippen molar-refractivity contribution in [1.82, 2.24) is 0 Å². The minimum absolute atomic E-state index is 0.225. The summed E-state index contributed by atoms with van der Waals surface area (Å²) >= 11 is 0. The molecule has 0 fully saturated rings. The summed E-state index contributed by atoms with van der Waals surface area (Å²) in [6, 6.07) is 17.6. The minimum atomic E-state index is 0.225. The van der Waals surface area contributed by atoms with Crippen molar-refractivity contribution in [2.24, 2.45) is 0 Å². The second kappa shape index (κ2) is 5.07. The summed E-state index contributed by atoms with van der Waals surface area (Å²) in [6.45, 7) is 6.86. The van der Waals surface area contributed by atoms with E-state index in [2.05, 4.69) is 63.2 Å². The molecular weight excluding hydrogens is 256 g/mol. The fourth-order valence-corrected chi connectivity index (χ4v) is 2.73. The van der Waals surface area contributed by atoms with E-state index < -0.39 is 0 Å². The topological polar surface area (TPSA) is 9.23 Å². The fraction of sp³-hybridized carbons (Fsp3) is 0.300.